The van der Waals surface area contributed by atoms with Gasteiger partial charge in [-0.05, 0) is 30.7 Å². The van der Waals surface area contributed by atoms with Crippen molar-refractivity contribution in [3.63, 3.8) is 0 Å². The summed E-state index contributed by atoms with van der Waals surface area (Å²) in [7, 11) is 1.59. The standard InChI is InChI=1S/C16H18N2O3/c1-12(21-15-7-3-6-14(9-15)20-2)16(19)18-11-13-5-4-8-17-10-13/h3-10,12H,11H2,1-2H3,(H,18,19)/t12-/m0/s1. The van der Waals surface area contributed by atoms with Crippen LogP contribution in [0, 0.1) is 0 Å². The Kier molecular flexibility index (Phi) is 5.15. The molecule has 21 heavy (non-hydrogen) atoms. The molecule has 1 amide bonds. The fraction of sp³-hybridized carbons (Fsp3) is 0.250. The number of nitrogens with zero attached hydrogens (tertiary/aromatic N) is 1. The van der Waals surface area contributed by atoms with Gasteiger partial charge in [-0.3, -0.25) is 9.78 Å². The number of hydrogen-bond donors (Lipinski definition) is 1. The molecule has 1 N–H and O–H groups in total. The molecule has 0 aliphatic heterocycles. The molecule has 5 heteroatoms. The molecule has 2 aromatic rings. The lowest BCUT2D eigenvalue weighted by Crippen LogP contribution is -2.35. The van der Waals surface area contributed by atoms with Crippen molar-refractivity contribution in [2.45, 2.75) is 19.6 Å². The molecule has 0 saturated carbocycles. The molecule has 1 atom stereocenters. The maximum atomic E-state index is 12.0. The number of carbonyl (C=O) groups excluding carboxylic acids is 1. The number of ether oxygens (including phenoxy) is 2. The molecule has 110 valence electrons. The van der Waals surface area contributed by atoms with E-state index in [0.717, 1.165) is 5.56 Å². The summed E-state index contributed by atoms with van der Waals surface area (Å²) in [5, 5.41) is 2.81. The number of benzene rings is 1. The van der Waals surface area contributed by atoms with Crippen LogP contribution in [0.15, 0.2) is 48.8 Å². The van der Waals surface area contributed by atoms with E-state index < -0.39 is 6.10 Å². The molecule has 0 unspecified atom stereocenters. The topological polar surface area (TPSA) is 60.5 Å². The van der Waals surface area contributed by atoms with Gasteiger partial charge in [0.2, 0.25) is 0 Å². The van der Waals surface area contributed by atoms with Crippen molar-refractivity contribution in [3.8, 4) is 11.5 Å². The number of rotatable bonds is 6. The molecule has 1 aromatic heterocycles. The molecule has 0 spiro atoms. The molecule has 0 fully saturated rings. The number of aromatic nitrogens is 1. The highest BCUT2D eigenvalue weighted by molar-refractivity contribution is 5.80. The van der Waals surface area contributed by atoms with Crippen LogP contribution in [0.25, 0.3) is 0 Å². The first kappa shape index (κ1) is 14.8. The largest absolute Gasteiger partial charge is 0.497 e. The van der Waals surface area contributed by atoms with Crippen molar-refractivity contribution in [3.05, 3.63) is 54.4 Å². The summed E-state index contributed by atoms with van der Waals surface area (Å²) >= 11 is 0. The van der Waals surface area contributed by atoms with Crippen LogP contribution in [-0.2, 0) is 11.3 Å². The third kappa shape index (κ3) is 4.49. The molecule has 1 heterocycles. The second-order valence-electron chi connectivity index (χ2n) is 4.52. The van der Waals surface area contributed by atoms with E-state index in [4.69, 9.17) is 9.47 Å². The minimum atomic E-state index is -0.589. The minimum absolute atomic E-state index is 0.179. The molecular formula is C16H18N2O3. The van der Waals surface area contributed by atoms with Crippen LogP contribution >= 0.6 is 0 Å². The molecule has 0 aliphatic rings. The maximum Gasteiger partial charge on any atom is 0.261 e. The van der Waals surface area contributed by atoms with Crippen molar-refractivity contribution in [1.82, 2.24) is 10.3 Å². The van der Waals surface area contributed by atoms with Gasteiger partial charge >= 0.3 is 0 Å². The van der Waals surface area contributed by atoms with Gasteiger partial charge in [0.15, 0.2) is 6.10 Å². The van der Waals surface area contributed by atoms with Crippen LogP contribution in [0.1, 0.15) is 12.5 Å². The zero-order valence-corrected chi connectivity index (χ0v) is 12.1. The summed E-state index contributed by atoms with van der Waals surface area (Å²) in [5.41, 5.74) is 0.944. The van der Waals surface area contributed by atoms with E-state index in [2.05, 4.69) is 10.3 Å². The molecule has 5 nitrogen and oxygen atoms in total. The monoisotopic (exact) mass is 286 g/mol. The first-order valence-corrected chi connectivity index (χ1v) is 6.66. The zero-order chi connectivity index (χ0) is 15.1. The minimum Gasteiger partial charge on any atom is -0.497 e. The quantitative estimate of drug-likeness (QED) is 0.884. The number of methoxy groups -OCH3 is 1. The molecule has 0 bridgehead atoms. The van der Waals surface area contributed by atoms with E-state index in [-0.39, 0.29) is 5.91 Å². The van der Waals surface area contributed by atoms with Crippen LogP contribution in [0.4, 0.5) is 0 Å². The second kappa shape index (κ2) is 7.28. The van der Waals surface area contributed by atoms with Crippen molar-refractivity contribution >= 4 is 5.91 Å². The van der Waals surface area contributed by atoms with Crippen molar-refractivity contribution in [2.75, 3.05) is 7.11 Å². The third-order valence-electron chi connectivity index (χ3n) is 2.91. The van der Waals surface area contributed by atoms with Gasteiger partial charge in [0.1, 0.15) is 11.5 Å². The lowest BCUT2D eigenvalue weighted by atomic mass is 10.2. The Labute approximate surface area is 123 Å². The van der Waals surface area contributed by atoms with E-state index in [0.29, 0.717) is 18.0 Å². The summed E-state index contributed by atoms with van der Waals surface area (Å²) in [5.74, 6) is 1.11. The summed E-state index contributed by atoms with van der Waals surface area (Å²) < 4.78 is 10.7. The van der Waals surface area contributed by atoms with Crippen LogP contribution < -0.4 is 14.8 Å². The van der Waals surface area contributed by atoms with E-state index in [1.807, 2.05) is 24.3 Å². The van der Waals surface area contributed by atoms with E-state index >= 15 is 0 Å². The Hall–Kier alpha value is -2.56. The highest BCUT2D eigenvalue weighted by Gasteiger charge is 2.14. The molecule has 2 rings (SSSR count). The Morgan fingerprint density at radius 2 is 2.10 bits per heavy atom. The number of carbonyl (C=O) groups is 1. The summed E-state index contributed by atoms with van der Waals surface area (Å²) in [6, 6.07) is 10.9. The van der Waals surface area contributed by atoms with Gasteiger partial charge in [0, 0.05) is 25.0 Å². The van der Waals surface area contributed by atoms with Crippen molar-refractivity contribution in [2.24, 2.45) is 0 Å². The van der Waals surface area contributed by atoms with Gasteiger partial charge in [-0.2, -0.15) is 0 Å². The van der Waals surface area contributed by atoms with E-state index in [9.17, 15) is 4.79 Å². The number of pyridine rings is 1. The fourth-order valence-electron chi connectivity index (χ4n) is 1.77. The summed E-state index contributed by atoms with van der Waals surface area (Å²) in [6.45, 7) is 2.14. The van der Waals surface area contributed by atoms with Gasteiger partial charge in [-0.25, -0.2) is 0 Å². The molecule has 1 aromatic carbocycles. The Morgan fingerprint density at radius 1 is 1.29 bits per heavy atom. The Bertz CT molecular complexity index is 587. The van der Waals surface area contributed by atoms with Gasteiger partial charge in [0.05, 0.1) is 7.11 Å². The summed E-state index contributed by atoms with van der Waals surface area (Å²) in [4.78, 5) is 16.0. The average Bonchev–Trinajstić information content (AvgIpc) is 2.53. The van der Waals surface area contributed by atoms with Crippen LogP contribution in [0.2, 0.25) is 0 Å². The van der Waals surface area contributed by atoms with Gasteiger partial charge in [0.25, 0.3) is 5.91 Å². The number of amides is 1. The van der Waals surface area contributed by atoms with Gasteiger partial charge in [-0.1, -0.05) is 12.1 Å². The lowest BCUT2D eigenvalue weighted by molar-refractivity contribution is -0.127. The molecule has 0 radical (unpaired) electrons. The predicted molar refractivity (Wildman–Crippen MR) is 79.2 cm³/mol. The molecule has 0 saturated heterocycles. The van der Waals surface area contributed by atoms with Crippen LogP contribution in [-0.4, -0.2) is 24.1 Å². The first-order valence-electron chi connectivity index (χ1n) is 6.66. The van der Waals surface area contributed by atoms with E-state index in [1.165, 1.54) is 0 Å². The molecule has 0 aliphatic carbocycles. The highest BCUT2D eigenvalue weighted by atomic mass is 16.5. The Balaban J connectivity index is 1.87. The van der Waals surface area contributed by atoms with Crippen LogP contribution in [0.5, 0.6) is 11.5 Å². The normalized spacial score (nSPS) is 11.5. The fourth-order valence-corrected chi connectivity index (χ4v) is 1.77. The number of hydrogen-bond acceptors (Lipinski definition) is 4. The smallest absolute Gasteiger partial charge is 0.261 e. The third-order valence-corrected chi connectivity index (χ3v) is 2.91. The van der Waals surface area contributed by atoms with Crippen molar-refractivity contribution < 1.29 is 14.3 Å². The number of nitrogens with one attached hydrogen (secondary N) is 1. The van der Waals surface area contributed by atoms with E-state index in [1.54, 1.807) is 38.6 Å². The maximum absolute atomic E-state index is 12.0. The second-order valence-corrected chi connectivity index (χ2v) is 4.52. The van der Waals surface area contributed by atoms with Gasteiger partial charge < -0.3 is 14.8 Å². The average molecular weight is 286 g/mol. The lowest BCUT2D eigenvalue weighted by Gasteiger charge is -2.15. The predicted octanol–water partition coefficient (Wildman–Crippen LogP) is 2.17. The summed E-state index contributed by atoms with van der Waals surface area (Å²) in [6.07, 6.45) is 2.82. The highest BCUT2D eigenvalue weighted by Crippen LogP contribution is 2.19. The van der Waals surface area contributed by atoms with Crippen molar-refractivity contribution in [1.29, 1.82) is 0 Å². The van der Waals surface area contributed by atoms with Crippen LogP contribution in [0.3, 0.4) is 0 Å². The SMILES string of the molecule is COc1cccc(O[C@@H](C)C(=O)NCc2cccnc2)c1. The zero-order valence-electron chi connectivity index (χ0n) is 12.1. The van der Waals surface area contributed by atoms with Gasteiger partial charge in [-0.15, -0.1) is 0 Å². The first-order chi connectivity index (χ1) is 10.2. The Morgan fingerprint density at radius 3 is 2.81 bits per heavy atom. The molecular weight excluding hydrogens is 268 g/mol.